The summed E-state index contributed by atoms with van der Waals surface area (Å²) in [6.45, 7) is 7.28. The molecule has 0 heterocycles. The van der Waals surface area contributed by atoms with Crippen molar-refractivity contribution in [3.63, 3.8) is 0 Å². The van der Waals surface area contributed by atoms with Crippen molar-refractivity contribution in [3.8, 4) is 0 Å². The molecule has 1 N–H and O–H groups in total. The minimum absolute atomic E-state index is 0.253. The highest BCUT2D eigenvalue weighted by Gasteiger charge is 2.22. The van der Waals surface area contributed by atoms with E-state index in [2.05, 4.69) is 24.1 Å². The fourth-order valence-electron chi connectivity index (χ4n) is 2.52. The van der Waals surface area contributed by atoms with Crippen LogP contribution < -0.4 is 5.32 Å². The summed E-state index contributed by atoms with van der Waals surface area (Å²) < 4.78 is 5.52. The monoisotopic (exact) mass is 326 g/mol. The third kappa shape index (κ3) is 5.39. The maximum absolute atomic E-state index is 12.6. The number of anilines is 1. The first kappa shape index (κ1) is 18.0. The van der Waals surface area contributed by atoms with Gasteiger partial charge in [0.2, 0.25) is 0 Å². The van der Waals surface area contributed by atoms with Crippen LogP contribution in [0.5, 0.6) is 0 Å². The maximum atomic E-state index is 12.6. The number of esters is 1. The van der Waals surface area contributed by atoms with Gasteiger partial charge >= 0.3 is 5.97 Å². The van der Waals surface area contributed by atoms with E-state index in [9.17, 15) is 4.79 Å². The minimum Gasteiger partial charge on any atom is -0.463 e. The van der Waals surface area contributed by atoms with Crippen LogP contribution in [0.3, 0.4) is 0 Å². The number of hydrogen-bond acceptors (Lipinski definition) is 4. The van der Waals surface area contributed by atoms with Gasteiger partial charge in [0.25, 0.3) is 0 Å². The van der Waals surface area contributed by atoms with E-state index >= 15 is 0 Å². The molecule has 128 valence electrons. The fourth-order valence-corrected chi connectivity index (χ4v) is 2.52. The molecule has 2 aromatic rings. The largest absolute Gasteiger partial charge is 0.463 e. The molecule has 0 aliphatic rings. The van der Waals surface area contributed by atoms with Gasteiger partial charge in [0.1, 0.15) is 6.61 Å². The van der Waals surface area contributed by atoms with Gasteiger partial charge in [0.15, 0.2) is 6.04 Å². The summed E-state index contributed by atoms with van der Waals surface area (Å²) in [5.74, 6) is -0.253. The van der Waals surface area contributed by atoms with Crippen molar-refractivity contribution >= 4 is 11.7 Å². The Balaban J connectivity index is 2.04. The third-order valence-electron chi connectivity index (χ3n) is 4.00. The van der Waals surface area contributed by atoms with E-state index in [4.69, 9.17) is 4.74 Å². The Hall–Kier alpha value is -2.33. The standard InChI is InChI=1S/C20H26N2O2/c1-3-22(4-2)15-16-24-20(23)19(17-11-7-5-8-12-17)21-18-13-9-6-10-14-18/h5-14,19,21H,3-4,15-16H2,1-2H3. The molecule has 0 aromatic heterocycles. The number of ether oxygens (including phenoxy) is 1. The highest BCUT2D eigenvalue weighted by molar-refractivity contribution is 5.81. The van der Waals surface area contributed by atoms with Gasteiger partial charge < -0.3 is 15.0 Å². The number of carbonyl (C=O) groups excluding carboxylic acids is 1. The van der Waals surface area contributed by atoms with Crippen molar-refractivity contribution in [1.82, 2.24) is 4.90 Å². The van der Waals surface area contributed by atoms with E-state index < -0.39 is 6.04 Å². The Morgan fingerprint density at radius 1 is 1.00 bits per heavy atom. The topological polar surface area (TPSA) is 41.6 Å². The smallest absolute Gasteiger partial charge is 0.333 e. The van der Waals surface area contributed by atoms with Crippen LogP contribution >= 0.6 is 0 Å². The SMILES string of the molecule is CCN(CC)CCOC(=O)C(Nc1ccccc1)c1ccccc1. The zero-order valence-corrected chi connectivity index (χ0v) is 14.4. The molecule has 2 aromatic carbocycles. The van der Waals surface area contributed by atoms with E-state index in [0.29, 0.717) is 6.61 Å². The molecular weight excluding hydrogens is 300 g/mol. The molecule has 4 nitrogen and oxygen atoms in total. The number of carbonyl (C=O) groups is 1. The summed E-state index contributed by atoms with van der Waals surface area (Å²) in [4.78, 5) is 14.8. The molecule has 2 rings (SSSR count). The lowest BCUT2D eigenvalue weighted by Crippen LogP contribution is -2.30. The molecular formula is C20H26N2O2. The van der Waals surface area contributed by atoms with E-state index in [-0.39, 0.29) is 5.97 Å². The molecule has 4 heteroatoms. The molecule has 24 heavy (non-hydrogen) atoms. The van der Waals surface area contributed by atoms with Crippen LogP contribution in [0.2, 0.25) is 0 Å². The number of hydrogen-bond donors (Lipinski definition) is 1. The lowest BCUT2D eigenvalue weighted by molar-refractivity contribution is -0.145. The predicted molar refractivity (Wildman–Crippen MR) is 98.0 cm³/mol. The van der Waals surface area contributed by atoms with Gasteiger partial charge in [-0.25, -0.2) is 4.79 Å². The van der Waals surface area contributed by atoms with Crippen molar-refractivity contribution < 1.29 is 9.53 Å². The minimum atomic E-state index is -0.509. The van der Waals surface area contributed by atoms with E-state index in [0.717, 1.165) is 30.9 Å². The zero-order chi connectivity index (χ0) is 17.2. The van der Waals surface area contributed by atoms with Crippen LogP contribution in [-0.4, -0.2) is 37.1 Å². The second-order valence-electron chi connectivity index (χ2n) is 5.55. The summed E-state index contributed by atoms with van der Waals surface area (Å²) >= 11 is 0. The second kappa shape index (κ2) is 9.73. The molecule has 0 saturated carbocycles. The van der Waals surface area contributed by atoms with Crippen LogP contribution in [0.1, 0.15) is 25.5 Å². The van der Waals surface area contributed by atoms with E-state index in [1.54, 1.807) is 0 Å². The summed E-state index contributed by atoms with van der Waals surface area (Å²) in [7, 11) is 0. The average Bonchev–Trinajstić information content (AvgIpc) is 2.64. The molecule has 1 unspecified atom stereocenters. The summed E-state index contributed by atoms with van der Waals surface area (Å²) in [6, 6.07) is 18.9. The Morgan fingerprint density at radius 2 is 1.58 bits per heavy atom. The summed E-state index contributed by atoms with van der Waals surface area (Å²) in [5, 5.41) is 3.27. The molecule has 1 atom stereocenters. The van der Waals surface area contributed by atoms with Crippen molar-refractivity contribution in [2.24, 2.45) is 0 Å². The molecule has 0 aliphatic carbocycles. The van der Waals surface area contributed by atoms with Gasteiger partial charge in [-0.3, -0.25) is 0 Å². The fraction of sp³-hybridized carbons (Fsp3) is 0.350. The Kier molecular flexibility index (Phi) is 7.30. The number of benzene rings is 2. The average molecular weight is 326 g/mol. The summed E-state index contributed by atoms with van der Waals surface area (Å²) in [6.07, 6.45) is 0. The maximum Gasteiger partial charge on any atom is 0.333 e. The first-order valence-electron chi connectivity index (χ1n) is 8.50. The first-order chi connectivity index (χ1) is 11.7. The molecule has 0 fully saturated rings. The van der Waals surface area contributed by atoms with Gasteiger partial charge in [0.05, 0.1) is 0 Å². The number of nitrogens with zero attached hydrogens (tertiary/aromatic N) is 1. The summed E-state index contributed by atoms with van der Waals surface area (Å²) in [5.41, 5.74) is 1.79. The van der Waals surface area contributed by atoms with Crippen LogP contribution in [0.15, 0.2) is 60.7 Å². The number of para-hydroxylation sites is 1. The van der Waals surface area contributed by atoms with Gasteiger partial charge in [-0.1, -0.05) is 62.4 Å². The molecule has 0 spiro atoms. The van der Waals surface area contributed by atoms with Crippen molar-refractivity contribution in [2.75, 3.05) is 31.6 Å². The normalized spacial score (nSPS) is 12.0. The van der Waals surface area contributed by atoms with Crippen LogP contribution in [0.25, 0.3) is 0 Å². The molecule has 0 amide bonds. The Labute approximate surface area is 144 Å². The van der Waals surface area contributed by atoms with E-state index in [1.165, 1.54) is 0 Å². The molecule has 0 aliphatic heterocycles. The van der Waals surface area contributed by atoms with Crippen molar-refractivity contribution in [1.29, 1.82) is 0 Å². The van der Waals surface area contributed by atoms with Crippen LogP contribution in [0, 0.1) is 0 Å². The highest BCUT2D eigenvalue weighted by Crippen LogP contribution is 2.20. The van der Waals surface area contributed by atoms with Crippen molar-refractivity contribution in [2.45, 2.75) is 19.9 Å². The first-order valence-corrected chi connectivity index (χ1v) is 8.50. The predicted octanol–water partition coefficient (Wildman–Crippen LogP) is 3.72. The van der Waals surface area contributed by atoms with E-state index in [1.807, 2.05) is 60.7 Å². The van der Waals surface area contributed by atoms with Crippen LogP contribution in [-0.2, 0) is 9.53 Å². The van der Waals surface area contributed by atoms with Gasteiger partial charge in [-0.05, 0) is 30.8 Å². The van der Waals surface area contributed by atoms with Crippen molar-refractivity contribution in [3.05, 3.63) is 66.2 Å². The number of nitrogens with one attached hydrogen (secondary N) is 1. The highest BCUT2D eigenvalue weighted by atomic mass is 16.5. The lowest BCUT2D eigenvalue weighted by Gasteiger charge is -2.21. The van der Waals surface area contributed by atoms with Gasteiger partial charge in [-0.2, -0.15) is 0 Å². The second-order valence-corrected chi connectivity index (χ2v) is 5.55. The van der Waals surface area contributed by atoms with Crippen LogP contribution in [0.4, 0.5) is 5.69 Å². The third-order valence-corrected chi connectivity index (χ3v) is 4.00. The molecule has 0 radical (unpaired) electrons. The van der Waals surface area contributed by atoms with Gasteiger partial charge in [-0.15, -0.1) is 0 Å². The number of rotatable bonds is 9. The number of likely N-dealkylation sites (N-methyl/N-ethyl adjacent to an activating group) is 1. The zero-order valence-electron chi connectivity index (χ0n) is 14.4. The van der Waals surface area contributed by atoms with Gasteiger partial charge in [0, 0.05) is 12.2 Å². The lowest BCUT2D eigenvalue weighted by atomic mass is 10.1. The quantitative estimate of drug-likeness (QED) is 0.713. The molecule has 0 bridgehead atoms. The Bertz CT molecular complexity index is 598. The Morgan fingerprint density at radius 3 is 2.17 bits per heavy atom. The molecule has 0 saturated heterocycles.